The molecule has 0 amide bonds. The Labute approximate surface area is 110 Å². The van der Waals surface area contributed by atoms with Gasteiger partial charge in [0.05, 0.1) is 5.41 Å². The van der Waals surface area contributed by atoms with Crippen molar-refractivity contribution in [3.05, 3.63) is 0 Å². The minimum atomic E-state index is -0.518. The van der Waals surface area contributed by atoms with Crippen LogP contribution in [0.4, 0.5) is 0 Å². The van der Waals surface area contributed by atoms with Crippen molar-refractivity contribution in [2.45, 2.75) is 54.4 Å². The standard InChI is InChI=1S/C14H26O4/c1-13(2,3)8-7-11(15)17-9-10-18-12(16)14(4,5)6/h7-10H2,1-6H3. The second kappa shape index (κ2) is 6.76. The second-order valence-electron chi connectivity index (χ2n) is 6.67. The number of hydrogen-bond acceptors (Lipinski definition) is 4. The van der Waals surface area contributed by atoms with Crippen LogP contribution in [-0.2, 0) is 19.1 Å². The van der Waals surface area contributed by atoms with Crippen LogP contribution in [0.1, 0.15) is 54.4 Å². The van der Waals surface area contributed by atoms with E-state index in [4.69, 9.17) is 9.47 Å². The fraction of sp³-hybridized carbons (Fsp3) is 0.857. The first-order chi connectivity index (χ1) is 8.02. The maximum absolute atomic E-state index is 11.4. The first kappa shape index (κ1) is 16.9. The topological polar surface area (TPSA) is 52.6 Å². The quantitative estimate of drug-likeness (QED) is 0.562. The Kier molecular flexibility index (Phi) is 6.36. The molecule has 0 aromatic heterocycles. The molecule has 0 fully saturated rings. The molecule has 0 aliphatic rings. The maximum Gasteiger partial charge on any atom is 0.311 e. The molecule has 0 unspecified atom stereocenters. The van der Waals surface area contributed by atoms with Gasteiger partial charge in [0.15, 0.2) is 0 Å². The van der Waals surface area contributed by atoms with Gasteiger partial charge in [-0.3, -0.25) is 9.59 Å². The van der Waals surface area contributed by atoms with E-state index in [0.717, 1.165) is 6.42 Å². The van der Waals surface area contributed by atoms with Crippen LogP contribution in [0, 0.1) is 10.8 Å². The largest absolute Gasteiger partial charge is 0.462 e. The van der Waals surface area contributed by atoms with E-state index >= 15 is 0 Å². The van der Waals surface area contributed by atoms with Gasteiger partial charge in [0.2, 0.25) is 0 Å². The fourth-order valence-electron chi connectivity index (χ4n) is 1.06. The van der Waals surface area contributed by atoms with E-state index in [2.05, 4.69) is 20.8 Å². The molecule has 0 aromatic rings. The molecule has 0 radical (unpaired) electrons. The van der Waals surface area contributed by atoms with E-state index in [1.165, 1.54) is 0 Å². The summed E-state index contributed by atoms with van der Waals surface area (Å²) in [7, 11) is 0. The number of carbonyl (C=O) groups excluding carboxylic acids is 2. The summed E-state index contributed by atoms with van der Waals surface area (Å²) in [6.07, 6.45) is 1.18. The number of carbonyl (C=O) groups is 2. The average molecular weight is 258 g/mol. The summed E-state index contributed by atoms with van der Waals surface area (Å²) in [4.78, 5) is 22.8. The van der Waals surface area contributed by atoms with Crippen molar-refractivity contribution in [1.29, 1.82) is 0 Å². The third-order valence-corrected chi connectivity index (χ3v) is 2.27. The molecule has 0 spiro atoms. The van der Waals surface area contributed by atoms with Crippen molar-refractivity contribution >= 4 is 11.9 Å². The lowest BCUT2D eigenvalue weighted by Crippen LogP contribution is -2.25. The first-order valence-electron chi connectivity index (χ1n) is 6.35. The number of ether oxygens (including phenoxy) is 2. The van der Waals surface area contributed by atoms with Crippen LogP contribution >= 0.6 is 0 Å². The predicted octanol–water partition coefficient (Wildman–Crippen LogP) is 2.95. The fourth-order valence-corrected chi connectivity index (χ4v) is 1.06. The smallest absolute Gasteiger partial charge is 0.311 e. The highest BCUT2D eigenvalue weighted by molar-refractivity contribution is 5.75. The van der Waals surface area contributed by atoms with Crippen LogP contribution in [0.25, 0.3) is 0 Å². The molecule has 0 atom stereocenters. The van der Waals surface area contributed by atoms with Crippen LogP contribution in [-0.4, -0.2) is 25.2 Å². The Morgan fingerprint density at radius 2 is 1.39 bits per heavy atom. The van der Waals surface area contributed by atoms with E-state index < -0.39 is 5.41 Å². The Balaban J connectivity index is 3.68. The van der Waals surface area contributed by atoms with Gasteiger partial charge in [-0.05, 0) is 32.6 Å². The molecule has 0 N–H and O–H groups in total. The summed E-state index contributed by atoms with van der Waals surface area (Å²) in [5.74, 6) is -0.523. The minimum Gasteiger partial charge on any atom is -0.462 e. The predicted molar refractivity (Wildman–Crippen MR) is 70.1 cm³/mol. The Bertz CT molecular complexity index is 281. The van der Waals surface area contributed by atoms with E-state index in [9.17, 15) is 9.59 Å². The van der Waals surface area contributed by atoms with Crippen molar-refractivity contribution in [2.24, 2.45) is 10.8 Å². The molecule has 0 aliphatic carbocycles. The molecule has 106 valence electrons. The van der Waals surface area contributed by atoms with Crippen molar-refractivity contribution in [1.82, 2.24) is 0 Å². The Hall–Kier alpha value is -1.06. The molecule has 0 aliphatic heterocycles. The van der Waals surface area contributed by atoms with Crippen molar-refractivity contribution in [3.63, 3.8) is 0 Å². The molecule has 18 heavy (non-hydrogen) atoms. The summed E-state index contributed by atoms with van der Waals surface area (Å²) in [5, 5.41) is 0. The Morgan fingerprint density at radius 1 is 0.889 bits per heavy atom. The number of hydrogen-bond donors (Lipinski definition) is 0. The zero-order valence-electron chi connectivity index (χ0n) is 12.5. The molecule has 4 heteroatoms. The van der Waals surface area contributed by atoms with Gasteiger partial charge in [-0.25, -0.2) is 0 Å². The molecule has 0 aromatic carbocycles. The summed E-state index contributed by atoms with van der Waals surface area (Å²) in [6.45, 7) is 11.8. The molecule has 0 saturated heterocycles. The Morgan fingerprint density at radius 3 is 1.83 bits per heavy atom. The number of rotatable bonds is 5. The van der Waals surface area contributed by atoms with E-state index in [-0.39, 0.29) is 30.6 Å². The molecule has 0 heterocycles. The van der Waals surface area contributed by atoms with Gasteiger partial charge in [-0.2, -0.15) is 0 Å². The van der Waals surface area contributed by atoms with Crippen molar-refractivity contribution < 1.29 is 19.1 Å². The lowest BCUT2D eigenvalue weighted by Gasteiger charge is -2.18. The van der Waals surface area contributed by atoms with Gasteiger partial charge in [-0.15, -0.1) is 0 Å². The first-order valence-corrected chi connectivity index (χ1v) is 6.35. The van der Waals surface area contributed by atoms with Gasteiger partial charge in [0.1, 0.15) is 13.2 Å². The van der Waals surface area contributed by atoms with Crippen LogP contribution in [0.2, 0.25) is 0 Å². The molecule has 0 saturated carbocycles. The summed E-state index contributed by atoms with van der Waals surface area (Å²) >= 11 is 0. The zero-order chi connectivity index (χ0) is 14.4. The molecular weight excluding hydrogens is 232 g/mol. The van der Waals surface area contributed by atoms with Crippen LogP contribution in [0.5, 0.6) is 0 Å². The third-order valence-electron chi connectivity index (χ3n) is 2.27. The lowest BCUT2D eigenvalue weighted by molar-refractivity contribution is -0.158. The normalized spacial score (nSPS) is 12.1. The van der Waals surface area contributed by atoms with Gasteiger partial charge < -0.3 is 9.47 Å². The van der Waals surface area contributed by atoms with Crippen LogP contribution in [0.3, 0.4) is 0 Å². The van der Waals surface area contributed by atoms with E-state index in [1.807, 2.05) is 0 Å². The van der Waals surface area contributed by atoms with Gasteiger partial charge >= 0.3 is 11.9 Å². The van der Waals surface area contributed by atoms with Gasteiger partial charge in [-0.1, -0.05) is 20.8 Å². The SMILES string of the molecule is CC(C)(C)CCC(=O)OCCOC(=O)C(C)(C)C. The van der Waals surface area contributed by atoms with Crippen LogP contribution < -0.4 is 0 Å². The van der Waals surface area contributed by atoms with Crippen LogP contribution in [0.15, 0.2) is 0 Å². The molecule has 4 nitrogen and oxygen atoms in total. The highest BCUT2D eigenvalue weighted by Gasteiger charge is 2.22. The van der Waals surface area contributed by atoms with E-state index in [1.54, 1.807) is 20.8 Å². The molecule has 0 bridgehead atoms. The maximum atomic E-state index is 11.4. The highest BCUT2D eigenvalue weighted by atomic mass is 16.6. The second-order valence-corrected chi connectivity index (χ2v) is 6.67. The minimum absolute atomic E-state index is 0.122. The summed E-state index contributed by atoms with van der Waals surface area (Å²) in [6, 6.07) is 0. The third kappa shape index (κ3) is 9.02. The van der Waals surface area contributed by atoms with E-state index in [0.29, 0.717) is 6.42 Å². The zero-order valence-corrected chi connectivity index (χ0v) is 12.5. The highest BCUT2D eigenvalue weighted by Crippen LogP contribution is 2.20. The van der Waals surface area contributed by atoms with Crippen molar-refractivity contribution in [2.75, 3.05) is 13.2 Å². The summed E-state index contributed by atoms with van der Waals surface area (Å²) < 4.78 is 9.97. The monoisotopic (exact) mass is 258 g/mol. The summed E-state index contributed by atoms with van der Waals surface area (Å²) in [5.41, 5.74) is -0.395. The molecule has 0 rings (SSSR count). The molecular formula is C14H26O4. The average Bonchev–Trinajstić information content (AvgIpc) is 2.18. The number of esters is 2. The van der Waals surface area contributed by atoms with Gasteiger partial charge in [0, 0.05) is 6.42 Å². The van der Waals surface area contributed by atoms with Crippen molar-refractivity contribution in [3.8, 4) is 0 Å². The lowest BCUT2D eigenvalue weighted by atomic mass is 9.91. The van der Waals surface area contributed by atoms with Gasteiger partial charge in [0.25, 0.3) is 0 Å².